The Labute approximate surface area is 463 Å². The molecular formula is C68H44ClN4O4Tl. The Bertz CT molecular complexity index is 3990. The van der Waals surface area contributed by atoms with Crippen molar-refractivity contribution in [3.05, 3.63) is 323 Å². The molecule has 10 heteroatoms. The first-order chi connectivity index (χ1) is 38.5. The quantitative estimate of drug-likeness (QED) is 0.114. The average Bonchev–Trinajstić information content (AvgIpc) is 4.39. The Morgan fingerprint density at radius 3 is 0.872 bits per heavy atom. The van der Waals surface area contributed by atoms with Crippen LogP contribution in [0.4, 0.5) is 0 Å². The third-order valence-corrected chi connectivity index (χ3v) is 25.1. The van der Waals surface area contributed by atoms with E-state index in [0.717, 1.165) is 135 Å². The van der Waals surface area contributed by atoms with Crippen LogP contribution in [0.1, 0.15) is 33.6 Å². The standard InChI is InChI=1S/C68H44N4O4.ClH.Tl/c1-5-13-49(14-6-1)73-53-29-21-45(22-30-53)65-57-37-39-59(69-57)66(46-23-31-54(32-24-46)74-50-15-7-2-8-16-50)61-41-43-63(71-61)68(48-27-35-56(36-28-48)76-52-19-11-4-12-20-52)64-44-42-62(72-64)67(60-40-38-58(65)70-60)47-25-33-55(34-26-47)75-51-17-9-3-10-18-51;;/h1-44H;1H;/q-2;;+3/p-1. The molecule has 0 saturated heterocycles. The van der Waals surface area contributed by atoms with Gasteiger partial charge < -0.3 is 0 Å². The van der Waals surface area contributed by atoms with Crippen molar-refractivity contribution in [3.8, 4) is 46.0 Å². The molecule has 0 N–H and O–H groups in total. The molecule has 0 aliphatic carbocycles. The molecule has 370 valence electrons. The zero-order valence-electron chi connectivity index (χ0n) is 41.8. The number of aliphatic imine (C=N–C) groups is 2. The molecule has 2 aromatic heterocycles. The fourth-order valence-electron chi connectivity index (χ4n) is 10.5. The molecule has 6 bridgehead atoms. The van der Waals surface area contributed by atoms with Gasteiger partial charge in [0.05, 0.1) is 0 Å². The van der Waals surface area contributed by atoms with E-state index in [1.165, 1.54) is 0 Å². The number of rotatable bonds is 12. The number of nitrogens with zero attached hydrogens (tertiary/aromatic N) is 4. The number of ether oxygens (including phenoxy) is 4. The van der Waals surface area contributed by atoms with Crippen LogP contribution < -0.4 is 29.6 Å². The summed E-state index contributed by atoms with van der Waals surface area (Å²) in [6.07, 6.45) is 8.55. The normalized spacial score (nSPS) is 14.1. The molecule has 0 atom stereocenters. The van der Waals surface area contributed by atoms with Crippen molar-refractivity contribution in [2.24, 2.45) is 9.98 Å². The van der Waals surface area contributed by atoms with Crippen molar-refractivity contribution in [2.75, 3.05) is 0 Å². The molecule has 0 spiro atoms. The van der Waals surface area contributed by atoms with E-state index in [1.807, 2.05) is 170 Å². The summed E-state index contributed by atoms with van der Waals surface area (Å²) in [5.41, 5.74) is 12.9. The van der Waals surface area contributed by atoms with Crippen LogP contribution in [0.15, 0.2) is 288 Å². The molecular weight excluding hydrogens is 1180 g/mol. The Morgan fingerprint density at radius 2 is 0.564 bits per heavy atom. The van der Waals surface area contributed by atoms with Crippen LogP contribution in [-0.2, 0) is 0 Å². The number of aromatic nitrogens is 2. The minimum atomic E-state index is -4.30. The first-order valence-corrected chi connectivity index (χ1v) is 35.3. The molecule has 0 saturated carbocycles. The SMILES string of the molecule is [Cl][Tl]1[n]2c3ccc2C(c2ccc(Oc4ccccc4)cc2)=C2C=CC(=N2)C(c2ccc(Oc4ccccc4)cc2)=c2ccc([n]21)=C(c1ccc(Oc2ccccc2)cc1)C1=NC(=C3c2ccc(Oc3ccccc3)cc2)C=C1. The second-order valence-electron chi connectivity index (χ2n) is 18.9. The monoisotopic (exact) mass is 1220 g/mol. The van der Waals surface area contributed by atoms with E-state index < -0.39 is 22.1 Å². The van der Waals surface area contributed by atoms with E-state index >= 15 is 0 Å². The van der Waals surface area contributed by atoms with Gasteiger partial charge in [-0.3, -0.25) is 0 Å². The Kier molecular flexibility index (Phi) is 12.3. The molecule has 8 nitrogen and oxygen atoms in total. The topological polar surface area (TPSA) is 71.5 Å². The predicted octanol–water partition coefficient (Wildman–Crippen LogP) is 15.0. The number of fused-ring (bicyclic) bond motifs is 2. The molecule has 78 heavy (non-hydrogen) atoms. The van der Waals surface area contributed by atoms with Crippen LogP contribution in [0, 0.1) is 0 Å². The van der Waals surface area contributed by atoms with Crippen LogP contribution in [0.5, 0.6) is 46.0 Å². The summed E-state index contributed by atoms with van der Waals surface area (Å²) >= 11 is -4.30. The number of hydrogen-bond acceptors (Lipinski definition) is 6. The molecule has 14 rings (SSSR count). The fraction of sp³-hybridized carbons (Fsp3) is 0. The summed E-state index contributed by atoms with van der Waals surface area (Å²) < 4.78 is 30.3. The molecule has 8 aromatic carbocycles. The van der Waals surface area contributed by atoms with Gasteiger partial charge in [-0.25, -0.2) is 0 Å². The van der Waals surface area contributed by atoms with Gasteiger partial charge in [0.2, 0.25) is 0 Å². The Morgan fingerprint density at radius 1 is 0.282 bits per heavy atom. The maximum atomic E-state index is 8.69. The second-order valence-corrected chi connectivity index (χ2v) is 28.8. The zero-order valence-corrected chi connectivity index (χ0v) is 47.0. The van der Waals surface area contributed by atoms with Gasteiger partial charge in [0, 0.05) is 0 Å². The van der Waals surface area contributed by atoms with Gasteiger partial charge in [-0.15, -0.1) is 0 Å². The van der Waals surface area contributed by atoms with Crippen LogP contribution in [-0.4, -0.2) is 38.3 Å². The number of benzene rings is 8. The van der Waals surface area contributed by atoms with E-state index in [2.05, 4.69) is 102 Å². The summed E-state index contributed by atoms with van der Waals surface area (Å²) in [7, 11) is 8.69. The molecule has 6 heterocycles. The zero-order chi connectivity index (χ0) is 51.9. The van der Waals surface area contributed by atoms with Gasteiger partial charge in [-0.2, -0.15) is 0 Å². The van der Waals surface area contributed by atoms with E-state index in [-0.39, 0.29) is 0 Å². The number of allylic oxidation sites excluding steroid dienone is 4. The summed E-state index contributed by atoms with van der Waals surface area (Å²) in [4.78, 5) is 11.2. The molecule has 0 unspecified atom stereocenters. The summed E-state index contributed by atoms with van der Waals surface area (Å²) in [5.74, 6) is 5.95. The third-order valence-electron chi connectivity index (χ3n) is 14.1. The van der Waals surface area contributed by atoms with Crippen LogP contribution in [0.3, 0.4) is 0 Å². The van der Waals surface area contributed by atoms with E-state index in [9.17, 15) is 0 Å². The minimum absolute atomic E-state index is 0.725. The van der Waals surface area contributed by atoms with Crippen molar-refractivity contribution in [1.82, 2.24) is 4.75 Å². The molecule has 4 aliphatic heterocycles. The fourth-order valence-corrected chi connectivity index (χ4v) is 22.0. The van der Waals surface area contributed by atoms with E-state index in [1.54, 1.807) is 0 Å². The number of para-hydroxylation sites is 4. The molecule has 0 radical (unpaired) electrons. The van der Waals surface area contributed by atoms with Crippen molar-refractivity contribution in [1.29, 1.82) is 0 Å². The summed E-state index contributed by atoms with van der Waals surface area (Å²) in [6, 6.07) is 81.4. The van der Waals surface area contributed by atoms with Gasteiger partial charge in [-0.1, -0.05) is 0 Å². The number of halogens is 1. The van der Waals surface area contributed by atoms with Crippen molar-refractivity contribution >= 4 is 64.1 Å². The first-order valence-electron chi connectivity index (χ1n) is 25.7. The third kappa shape index (κ3) is 9.04. The number of hydrogen-bond donors (Lipinski definition) is 0. The Balaban J connectivity index is 1.02. The molecule has 0 amide bonds. The van der Waals surface area contributed by atoms with Crippen molar-refractivity contribution in [3.63, 3.8) is 0 Å². The van der Waals surface area contributed by atoms with Crippen LogP contribution in [0.25, 0.3) is 22.3 Å². The molecule has 10 aromatic rings. The van der Waals surface area contributed by atoms with Gasteiger partial charge in [-0.05, 0) is 0 Å². The van der Waals surface area contributed by atoms with Gasteiger partial charge in [0.15, 0.2) is 0 Å². The molecule has 4 aliphatic rings. The van der Waals surface area contributed by atoms with Crippen molar-refractivity contribution < 1.29 is 18.9 Å². The van der Waals surface area contributed by atoms with Gasteiger partial charge in [0.25, 0.3) is 0 Å². The second kappa shape index (κ2) is 20.4. The van der Waals surface area contributed by atoms with E-state index in [4.69, 9.17) is 37.2 Å². The molecule has 0 fully saturated rings. The van der Waals surface area contributed by atoms with E-state index in [0.29, 0.717) is 0 Å². The predicted molar refractivity (Wildman–Crippen MR) is 313 cm³/mol. The first kappa shape index (κ1) is 47.2. The summed E-state index contributed by atoms with van der Waals surface area (Å²) in [5, 5.41) is 1.92. The van der Waals surface area contributed by atoms with Gasteiger partial charge in [0.1, 0.15) is 0 Å². The van der Waals surface area contributed by atoms with Gasteiger partial charge >= 0.3 is 466 Å². The maximum absolute atomic E-state index is 8.69. The van der Waals surface area contributed by atoms with Crippen LogP contribution in [0.2, 0.25) is 0 Å². The van der Waals surface area contributed by atoms with Crippen molar-refractivity contribution in [2.45, 2.75) is 0 Å². The summed E-state index contributed by atoms with van der Waals surface area (Å²) in [6.45, 7) is 0. The average molecular weight is 1220 g/mol. The van der Waals surface area contributed by atoms with Crippen LogP contribution >= 0.6 is 8.32 Å². The Hall–Kier alpha value is -9.23.